The van der Waals surface area contributed by atoms with Gasteiger partial charge in [-0.05, 0) is 61.2 Å². The van der Waals surface area contributed by atoms with Crippen LogP contribution >= 0.6 is 0 Å². The summed E-state index contributed by atoms with van der Waals surface area (Å²) in [7, 11) is 0. The van der Waals surface area contributed by atoms with Crippen LogP contribution in [-0.4, -0.2) is 30.5 Å². The zero-order valence-electron chi connectivity index (χ0n) is 20.0. The number of amides is 1. The average Bonchev–Trinajstić information content (AvgIpc) is 3.13. The molecular weight excluding hydrogens is 442 g/mol. The number of rotatable bonds is 8. The highest BCUT2D eigenvalue weighted by Gasteiger charge is 2.22. The number of carbonyl (C=O) groups is 1. The molecule has 0 bridgehead atoms. The van der Waals surface area contributed by atoms with E-state index in [9.17, 15) is 14.9 Å². The van der Waals surface area contributed by atoms with Gasteiger partial charge in [-0.1, -0.05) is 42.5 Å². The first-order valence-electron chi connectivity index (χ1n) is 11.3. The van der Waals surface area contributed by atoms with Gasteiger partial charge in [-0.3, -0.25) is 24.6 Å². The highest BCUT2D eigenvalue weighted by Crippen LogP contribution is 2.23. The summed E-state index contributed by atoms with van der Waals surface area (Å²) in [4.78, 5) is 30.4. The fourth-order valence-corrected chi connectivity index (χ4v) is 4.12. The molecule has 0 saturated carbocycles. The molecule has 8 heteroatoms. The van der Waals surface area contributed by atoms with E-state index in [0.717, 1.165) is 22.3 Å². The van der Waals surface area contributed by atoms with Crippen molar-refractivity contribution < 1.29 is 9.72 Å². The number of carbonyl (C=O) groups excluding carboxylic acids is 1. The van der Waals surface area contributed by atoms with E-state index in [0.29, 0.717) is 36.6 Å². The highest BCUT2D eigenvalue weighted by atomic mass is 16.6. The van der Waals surface area contributed by atoms with E-state index < -0.39 is 4.92 Å². The molecule has 2 aromatic heterocycles. The number of hydrogen-bond donors (Lipinski definition) is 0. The van der Waals surface area contributed by atoms with Gasteiger partial charge in [-0.15, -0.1) is 0 Å². The Labute approximate surface area is 204 Å². The molecule has 2 aromatic carbocycles. The predicted octanol–water partition coefficient (Wildman–Crippen LogP) is 5.00. The Bertz CT molecular complexity index is 1350. The third-order valence-corrected chi connectivity index (χ3v) is 6.06. The lowest BCUT2D eigenvalue weighted by Crippen LogP contribution is -2.30. The fourth-order valence-electron chi connectivity index (χ4n) is 4.12. The molecule has 4 rings (SSSR count). The highest BCUT2D eigenvalue weighted by molar-refractivity contribution is 5.94. The van der Waals surface area contributed by atoms with Gasteiger partial charge >= 0.3 is 5.69 Å². The number of nitro groups is 1. The lowest BCUT2D eigenvalue weighted by atomic mass is 10.1. The smallest absolute Gasteiger partial charge is 0.312 e. The number of benzene rings is 2. The maximum atomic E-state index is 13.5. The van der Waals surface area contributed by atoms with Crippen molar-refractivity contribution in [2.45, 2.75) is 40.4 Å². The van der Waals surface area contributed by atoms with E-state index in [1.165, 1.54) is 0 Å². The molecule has 35 heavy (non-hydrogen) atoms. The normalized spacial score (nSPS) is 10.8. The number of hydrogen-bond acceptors (Lipinski definition) is 5. The van der Waals surface area contributed by atoms with Crippen molar-refractivity contribution in [1.29, 1.82) is 0 Å². The number of pyridine rings is 1. The first-order valence-corrected chi connectivity index (χ1v) is 11.3. The summed E-state index contributed by atoms with van der Waals surface area (Å²) in [6, 6.07) is 19.2. The van der Waals surface area contributed by atoms with Crippen molar-refractivity contribution in [3.63, 3.8) is 0 Å². The molecule has 0 fully saturated rings. The summed E-state index contributed by atoms with van der Waals surface area (Å²) in [5, 5.41) is 15.6. The third-order valence-electron chi connectivity index (χ3n) is 6.06. The van der Waals surface area contributed by atoms with Crippen LogP contribution < -0.4 is 0 Å². The molecule has 0 aliphatic heterocycles. The minimum Gasteiger partial charge on any atom is -0.330 e. The molecule has 8 nitrogen and oxygen atoms in total. The van der Waals surface area contributed by atoms with E-state index >= 15 is 0 Å². The van der Waals surface area contributed by atoms with Crippen LogP contribution in [0, 0.1) is 30.9 Å². The van der Waals surface area contributed by atoms with E-state index in [4.69, 9.17) is 0 Å². The topological polar surface area (TPSA) is 94.2 Å². The second-order valence-corrected chi connectivity index (χ2v) is 8.58. The molecule has 0 radical (unpaired) electrons. The second kappa shape index (κ2) is 10.3. The largest absolute Gasteiger partial charge is 0.330 e. The van der Waals surface area contributed by atoms with E-state index in [1.807, 2.05) is 60.4 Å². The van der Waals surface area contributed by atoms with Crippen LogP contribution in [0.1, 0.15) is 44.0 Å². The Kier molecular flexibility index (Phi) is 7.01. The lowest BCUT2D eigenvalue weighted by Gasteiger charge is -2.24. The molecule has 1 amide bonds. The van der Waals surface area contributed by atoms with Gasteiger partial charge in [-0.25, -0.2) is 0 Å². The van der Waals surface area contributed by atoms with E-state index in [-0.39, 0.29) is 11.6 Å². The Morgan fingerprint density at radius 2 is 1.71 bits per heavy atom. The quantitative estimate of drug-likeness (QED) is 0.267. The van der Waals surface area contributed by atoms with E-state index in [2.05, 4.69) is 10.1 Å². The first-order chi connectivity index (χ1) is 16.8. The summed E-state index contributed by atoms with van der Waals surface area (Å²) in [6.07, 6.45) is 3.49. The number of nitrogens with zero attached hydrogens (tertiary/aromatic N) is 5. The van der Waals surface area contributed by atoms with Gasteiger partial charge in [0.25, 0.3) is 5.91 Å². The molecule has 0 spiro atoms. The lowest BCUT2D eigenvalue weighted by molar-refractivity contribution is -0.386. The molecule has 178 valence electrons. The van der Waals surface area contributed by atoms with Crippen molar-refractivity contribution in [1.82, 2.24) is 19.7 Å². The van der Waals surface area contributed by atoms with Gasteiger partial charge in [0.05, 0.1) is 11.5 Å². The van der Waals surface area contributed by atoms with Gasteiger partial charge in [-0.2, -0.15) is 5.10 Å². The monoisotopic (exact) mass is 469 g/mol. The summed E-state index contributed by atoms with van der Waals surface area (Å²) < 4.78 is 1.62. The Balaban J connectivity index is 1.56. The Morgan fingerprint density at radius 3 is 2.34 bits per heavy atom. The van der Waals surface area contributed by atoms with Gasteiger partial charge in [0.15, 0.2) is 0 Å². The molecule has 0 unspecified atom stereocenters. The SMILES string of the molecule is Cc1ccccc1CN(Cc1cccnc1)C(=O)c1ccc(Cn2nc(C)c([N+](=O)[O-])c2C)cc1. The second-order valence-electron chi connectivity index (χ2n) is 8.58. The molecule has 0 aliphatic carbocycles. The van der Waals surface area contributed by atoms with Gasteiger partial charge < -0.3 is 4.90 Å². The van der Waals surface area contributed by atoms with Crippen molar-refractivity contribution in [3.8, 4) is 0 Å². The molecule has 0 saturated heterocycles. The summed E-state index contributed by atoms with van der Waals surface area (Å²) in [5.41, 5.74) is 5.59. The minimum atomic E-state index is -0.402. The van der Waals surface area contributed by atoms with Crippen LogP contribution in [0.25, 0.3) is 0 Å². The van der Waals surface area contributed by atoms with Gasteiger partial charge in [0, 0.05) is 31.0 Å². The summed E-state index contributed by atoms with van der Waals surface area (Å²) >= 11 is 0. The first kappa shape index (κ1) is 23.8. The maximum absolute atomic E-state index is 13.5. The van der Waals surface area contributed by atoms with Crippen LogP contribution in [0.15, 0.2) is 73.1 Å². The summed E-state index contributed by atoms with van der Waals surface area (Å²) in [6.45, 7) is 6.68. The zero-order chi connectivity index (χ0) is 24.9. The van der Waals surface area contributed by atoms with E-state index in [1.54, 1.807) is 43.1 Å². The van der Waals surface area contributed by atoms with Crippen molar-refractivity contribution >= 4 is 11.6 Å². The van der Waals surface area contributed by atoms with Crippen LogP contribution in [0.3, 0.4) is 0 Å². The van der Waals surface area contributed by atoms with Gasteiger partial charge in [0.2, 0.25) is 0 Å². The molecular formula is C27H27N5O3. The third kappa shape index (κ3) is 5.43. The molecule has 4 aromatic rings. The Morgan fingerprint density at radius 1 is 0.971 bits per heavy atom. The minimum absolute atomic E-state index is 0.0408. The van der Waals surface area contributed by atoms with Crippen LogP contribution in [0.4, 0.5) is 5.69 Å². The molecule has 2 heterocycles. The van der Waals surface area contributed by atoms with Crippen LogP contribution in [0.2, 0.25) is 0 Å². The van der Waals surface area contributed by atoms with Crippen molar-refractivity contribution in [2.75, 3.05) is 0 Å². The van der Waals surface area contributed by atoms with Crippen LogP contribution in [-0.2, 0) is 19.6 Å². The van der Waals surface area contributed by atoms with Crippen molar-refractivity contribution in [2.24, 2.45) is 0 Å². The Hall–Kier alpha value is -4.33. The number of aromatic nitrogens is 3. The number of aryl methyl sites for hydroxylation is 2. The van der Waals surface area contributed by atoms with Gasteiger partial charge in [0.1, 0.15) is 11.4 Å². The standard InChI is InChI=1S/C27H27N5O3/c1-19-7-4-5-9-25(19)18-30(16-23-8-6-14-28-15-23)27(33)24-12-10-22(11-13-24)17-31-21(3)26(32(34)35)20(2)29-31/h4-15H,16-18H2,1-3H3. The average molecular weight is 470 g/mol. The molecule has 0 atom stereocenters. The fraction of sp³-hybridized carbons (Fsp3) is 0.222. The van der Waals surface area contributed by atoms with Crippen LogP contribution in [0.5, 0.6) is 0 Å². The summed E-state index contributed by atoms with van der Waals surface area (Å²) in [5.74, 6) is -0.0783. The van der Waals surface area contributed by atoms with Crippen molar-refractivity contribution in [3.05, 3.63) is 122 Å². The predicted molar refractivity (Wildman–Crippen MR) is 133 cm³/mol. The maximum Gasteiger partial charge on any atom is 0.312 e. The molecule has 0 N–H and O–H groups in total. The zero-order valence-corrected chi connectivity index (χ0v) is 20.0. The molecule has 0 aliphatic rings.